The molecule has 0 saturated heterocycles. The van der Waals surface area contributed by atoms with E-state index < -0.39 is 0 Å². The maximum atomic E-state index is 5.64. The first-order valence-electron chi connectivity index (χ1n) is 4.70. The molecule has 1 rings (SSSR count). The van der Waals surface area contributed by atoms with E-state index in [1.807, 2.05) is 12.1 Å². The third-order valence-electron chi connectivity index (χ3n) is 1.84. The second kappa shape index (κ2) is 7.13. The van der Waals surface area contributed by atoms with E-state index in [2.05, 4.69) is 28.1 Å². The van der Waals surface area contributed by atoms with Crippen LogP contribution in [0.3, 0.4) is 0 Å². The Morgan fingerprint density at radius 2 is 2.21 bits per heavy atom. The van der Waals surface area contributed by atoms with Crippen LogP contribution in [0.15, 0.2) is 24.3 Å². The molecule has 0 spiro atoms. The Bertz CT molecular complexity index is 242. The van der Waals surface area contributed by atoms with Gasteiger partial charge in [0.1, 0.15) is 5.75 Å². The SMILES string of the molecule is ClCCCc1cccc(OCCBr)c1. The molecular formula is C11H14BrClO. The Hall–Kier alpha value is -0.210. The van der Waals surface area contributed by atoms with Gasteiger partial charge < -0.3 is 4.74 Å². The van der Waals surface area contributed by atoms with Crippen LogP contribution in [-0.4, -0.2) is 17.8 Å². The van der Waals surface area contributed by atoms with Gasteiger partial charge in [-0.3, -0.25) is 0 Å². The fourth-order valence-electron chi connectivity index (χ4n) is 1.22. The van der Waals surface area contributed by atoms with Crippen molar-refractivity contribution in [3.8, 4) is 5.75 Å². The Labute approximate surface area is 98.5 Å². The molecular weight excluding hydrogens is 263 g/mol. The summed E-state index contributed by atoms with van der Waals surface area (Å²) in [4.78, 5) is 0. The number of hydrogen-bond acceptors (Lipinski definition) is 1. The number of ether oxygens (including phenoxy) is 1. The average Bonchev–Trinajstić information content (AvgIpc) is 2.24. The van der Waals surface area contributed by atoms with Crippen molar-refractivity contribution in [1.29, 1.82) is 0 Å². The highest BCUT2D eigenvalue weighted by atomic mass is 79.9. The third kappa shape index (κ3) is 4.34. The molecule has 0 atom stereocenters. The first-order valence-corrected chi connectivity index (χ1v) is 6.36. The number of rotatable bonds is 6. The molecule has 0 unspecified atom stereocenters. The molecule has 0 saturated carbocycles. The molecule has 0 aliphatic rings. The highest BCUT2D eigenvalue weighted by Crippen LogP contribution is 2.14. The number of alkyl halides is 2. The van der Waals surface area contributed by atoms with E-state index >= 15 is 0 Å². The van der Waals surface area contributed by atoms with Gasteiger partial charge in [0.05, 0.1) is 6.61 Å². The molecule has 0 N–H and O–H groups in total. The van der Waals surface area contributed by atoms with Crippen molar-refractivity contribution in [2.24, 2.45) is 0 Å². The van der Waals surface area contributed by atoms with Crippen molar-refractivity contribution in [2.45, 2.75) is 12.8 Å². The molecule has 0 heterocycles. The summed E-state index contributed by atoms with van der Waals surface area (Å²) in [6.07, 6.45) is 2.04. The highest BCUT2D eigenvalue weighted by molar-refractivity contribution is 9.09. The van der Waals surface area contributed by atoms with Gasteiger partial charge in [0, 0.05) is 11.2 Å². The number of halogens is 2. The molecule has 1 aromatic carbocycles. The molecule has 1 aromatic rings. The molecule has 0 radical (unpaired) electrons. The van der Waals surface area contributed by atoms with Gasteiger partial charge in [-0.15, -0.1) is 11.6 Å². The van der Waals surface area contributed by atoms with Gasteiger partial charge in [-0.2, -0.15) is 0 Å². The predicted octanol–water partition coefficient (Wildman–Crippen LogP) is 3.63. The van der Waals surface area contributed by atoms with Crippen molar-refractivity contribution in [3.05, 3.63) is 29.8 Å². The zero-order valence-corrected chi connectivity index (χ0v) is 10.4. The lowest BCUT2D eigenvalue weighted by Gasteiger charge is -2.05. The predicted molar refractivity (Wildman–Crippen MR) is 64.8 cm³/mol. The van der Waals surface area contributed by atoms with E-state index in [4.69, 9.17) is 16.3 Å². The fourth-order valence-corrected chi connectivity index (χ4v) is 1.51. The quantitative estimate of drug-likeness (QED) is 0.722. The van der Waals surface area contributed by atoms with E-state index in [-0.39, 0.29) is 0 Å². The largest absolute Gasteiger partial charge is 0.493 e. The van der Waals surface area contributed by atoms with Crippen molar-refractivity contribution in [2.75, 3.05) is 17.8 Å². The lowest BCUT2D eigenvalue weighted by molar-refractivity contribution is 0.344. The Kier molecular flexibility index (Phi) is 6.04. The van der Waals surface area contributed by atoms with E-state index in [1.165, 1.54) is 5.56 Å². The minimum absolute atomic E-state index is 0.707. The standard InChI is InChI=1S/C11H14BrClO/c12-6-8-14-11-5-1-3-10(9-11)4-2-7-13/h1,3,5,9H,2,4,6-8H2. The normalized spacial score (nSPS) is 10.1. The van der Waals surface area contributed by atoms with Gasteiger partial charge in [-0.05, 0) is 30.5 Å². The number of benzene rings is 1. The third-order valence-corrected chi connectivity index (χ3v) is 2.43. The Morgan fingerprint density at radius 1 is 1.36 bits per heavy atom. The number of hydrogen-bond donors (Lipinski definition) is 0. The lowest BCUT2D eigenvalue weighted by atomic mass is 10.1. The lowest BCUT2D eigenvalue weighted by Crippen LogP contribution is -1.98. The minimum atomic E-state index is 0.707. The minimum Gasteiger partial charge on any atom is -0.493 e. The molecule has 0 aliphatic carbocycles. The van der Waals surface area contributed by atoms with Crippen molar-refractivity contribution in [1.82, 2.24) is 0 Å². The maximum absolute atomic E-state index is 5.64. The van der Waals surface area contributed by atoms with Gasteiger partial charge in [-0.25, -0.2) is 0 Å². The summed E-state index contributed by atoms with van der Waals surface area (Å²) in [6, 6.07) is 8.18. The second-order valence-electron chi connectivity index (χ2n) is 2.98. The summed E-state index contributed by atoms with van der Waals surface area (Å²) in [7, 11) is 0. The molecule has 0 fully saturated rings. The van der Waals surface area contributed by atoms with Crippen LogP contribution in [0, 0.1) is 0 Å². The van der Waals surface area contributed by atoms with E-state index in [0.29, 0.717) is 12.5 Å². The van der Waals surface area contributed by atoms with Crippen molar-refractivity contribution < 1.29 is 4.74 Å². The molecule has 14 heavy (non-hydrogen) atoms. The molecule has 0 aromatic heterocycles. The second-order valence-corrected chi connectivity index (χ2v) is 4.15. The first-order chi connectivity index (χ1) is 6.86. The maximum Gasteiger partial charge on any atom is 0.119 e. The van der Waals surface area contributed by atoms with Crippen LogP contribution < -0.4 is 4.74 Å². The molecule has 1 nitrogen and oxygen atoms in total. The number of aryl methyl sites for hydroxylation is 1. The van der Waals surface area contributed by atoms with Crippen molar-refractivity contribution in [3.63, 3.8) is 0 Å². The summed E-state index contributed by atoms with van der Waals surface area (Å²) >= 11 is 8.96. The zero-order valence-electron chi connectivity index (χ0n) is 8.01. The topological polar surface area (TPSA) is 9.23 Å². The van der Waals surface area contributed by atoms with Crippen LogP contribution in [0.4, 0.5) is 0 Å². The Balaban J connectivity index is 2.50. The first kappa shape index (κ1) is 11.9. The van der Waals surface area contributed by atoms with E-state index in [0.717, 1.165) is 23.9 Å². The average molecular weight is 278 g/mol. The molecule has 0 amide bonds. The molecule has 0 aliphatic heterocycles. The summed E-state index contributed by atoms with van der Waals surface area (Å²) in [5.41, 5.74) is 1.29. The van der Waals surface area contributed by atoms with Crippen LogP contribution in [0.1, 0.15) is 12.0 Å². The van der Waals surface area contributed by atoms with Crippen LogP contribution in [0.5, 0.6) is 5.75 Å². The summed E-state index contributed by atoms with van der Waals surface area (Å²) in [5, 5.41) is 0.860. The molecule has 0 bridgehead atoms. The highest BCUT2D eigenvalue weighted by Gasteiger charge is 1.96. The van der Waals surface area contributed by atoms with Gasteiger partial charge in [0.2, 0.25) is 0 Å². The Morgan fingerprint density at radius 3 is 2.93 bits per heavy atom. The van der Waals surface area contributed by atoms with Crippen LogP contribution >= 0.6 is 27.5 Å². The van der Waals surface area contributed by atoms with E-state index in [1.54, 1.807) is 0 Å². The van der Waals surface area contributed by atoms with Crippen LogP contribution in [0.2, 0.25) is 0 Å². The summed E-state index contributed by atoms with van der Waals surface area (Å²) in [6.45, 7) is 0.707. The zero-order chi connectivity index (χ0) is 10.2. The van der Waals surface area contributed by atoms with Crippen molar-refractivity contribution >= 4 is 27.5 Å². The monoisotopic (exact) mass is 276 g/mol. The smallest absolute Gasteiger partial charge is 0.119 e. The molecule has 78 valence electrons. The van der Waals surface area contributed by atoms with Gasteiger partial charge in [-0.1, -0.05) is 28.1 Å². The van der Waals surface area contributed by atoms with Crippen LogP contribution in [0.25, 0.3) is 0 Å². The van der Waals surface area contributed by atoms with E-state index in [9.17, 15) is 0 Å². The van der Waals surface area contributed by atoms with Crippen LogP contribution in [-0.2, 0) is 6.42 Å². The summed E-state index contributed by atoms with van der Waals surface area (Å²) < 4.78 is 5.50. The summed E-state index contributed by atoms with van der Waals surface area (Å²) in [5.74, 6) is 1.66. The van der Waals surface area contributed by atoms with Gasteiger partial charge in [0.25, 0.3) is 0 Å². The fraction of sp³-hybridized carbons (Fsp3) is 0.455. The van der Waals surface area contributed by atoms with Gasteiger partial charge in [0.15, 0.2) is 0 Å². The molecule has 3 heteroatoms. The van der Waals surface area contributed by atoms with Gasteiger partial charge >= 0.3 is 0 Å².